The predicted molar refractivity (Wildman–Crippen MR) is 50.3 cm³/mol. The van der Waals surface area contributed by atoms with E-state index in [-0.39, 0.29) is 12.1 Å². The van der Waals surface area contributed by atoms with E-state index < -0.39 is 0 Å². The van der Waals surface area contributed by atoms with Crippen LogP contribution < -0.4 is 5.32 Å². The summed E-state index contributed by atoms with van der Waals surface area (Å²) in [5, 5.41) is 3.14. The third kappa shape index (κ3) is 2.47. The number of rotatable bonds is 4. The van der Waals surface area contributed by atoms with Crippen LogP contribution >= 0.6 is 0 Å². The smallest absolute Gasteiger partial charge is 0.0782 e. The lowest BCUT2D eigenvalue weighted by Gasteiger charge is -2.21. The summed E-state index contributed by atoms with van der Waals surface area (Å²) in [5.74, 6) is 0. The minimum Gasteiger partial charge on any atom is -0.380 e. The quantitative estimate of drug-likeness (QED) is 0.745. The normalized spacial score (nSPS) is 15.3. The van der Waals surface area contributed by atoms with Gasteiger partial charge >= 0.3 is 0 Å². The fourth-order valence-electron chi connectivity index (χ4n) is 1.23. The van der Waals surface area contributed by atoms with Gasteiger partial charge in [0.25, 0.3) is 0 Å². The second kappa shape index (κ2) is 4.89. The summed E-state index contributed by atoms with van der Waals surface area (Å²) in [6.07, 6.45) is 5.17. The molecule has 0 amide bonds. The van der Waals surface area contributed by atoms with Crippen molar-refractivity contribution in [2.75, 3.05) is 14.2 Å². The number of ether oxygens (including phenoxy) is 1. The summed E-state index contributed by atoms with van der Waals surface area (Å²) in [6.45, 7) is 2.00. The summed E-state index contributed by atoms with van der Waals surface area (Å²) in [4.78, 5) is 8.23. The number of hydrogen-bond donors (Lipinski definition) is 1. The Bertz CT molecular complexity index is 240. The zero-order valence-corrected chi connectivity index (χ0v) is 8.19. The van der Waals surface area contributed by atoms with Gasteiger partial charge in [-0.25, -0.2) is 0 Å². The first-order valence-electron chi connectivity index (χ1n) is 4.25. The second-order valence-electron chi connectivity index (χ2n) is 2.84. The molecule has 13 heavy (non-hydrogen) atoms. The summed E-state index contributed by atoms with van der Waals surface area (Å²) < 4.78 is 5.23. The van der Waals surface area contributed by atoms with Gasteiger partial charge in [0, 0.05) is 19.5 Å². The Hall–Kier alpha value is -1.00. The molecule has 0 fully saturated rings. The highest BCUT2D eigenvalue weighted by molar-refractivity contribution is 5.03. The van der Waals surface area contributed by atoms with Gasteiger partial charge in [-0.3, -0.25) is 9.97 Å². The molecule has 72 valence electrons. The van der Waals surface area contributed by atoms with Crippen molar-refractivity contribution in [3.05, 3.63) is 24.3 Å². The maximum absolute atomic E-state index is 5.23. The molecule has 0 aliphatic carbocycles. The minimum atomic E-state index is 0.0849. The highest BCUT2D eigenvalue weighted by Crippen LogP contribution is 2.14. The lowest BCUT2D eigenvalue weighted by Crippen LogP contribution is -2.29. The SMILES string of the molecule is CNC(c1cnccn1)C(C)OC. The van der Waals surface area contributed by atoms with Crippen molar-refractivity contribution in [3.8, 4) is 0 Å². The van der Waals surface area contributed by atoms with E-state index in [9.17, 15) is 0 Å². The first-order chi connectivity index (χ1) is 6.29. The third-order valence-corrected chi connectivity index (χ3v) is 2.05. The maximum atomic E-state index is 5.23. The Morgan fingerprint density at radius 1 is 1.46 bits per heavy atom. The molecule has 1 N–H and O–H groups in total. The van der Waals surface area contributed by atoms with Crippen molar-refractivity contribution in [3.63, 3.8) is 0 Å². The molecule has 0 spiro atoms. The summed E-state index contributed by atoms with van der Waals surface area (Å²) >= 11 is 0. The number of nitrogens with one attached hydrogen (secondary N) is 1. The van der Waals surface area contributed by atoms with Gasteiger partial charge in [-0.05, 0) is 14.0 Å². The summed E-state index contributed by atoms with van der Waals surface area (Å²) in [7, 11) is 3.57. The molecule has 2 unspecified atom stereocenters. The van der Waals surface area contributed by atoms with Crippen LogP contribution in [0, 0.1) is 0 Å². The molecule has 1 aromatic rings. The van der Waals surface area contributed by atoms with Crippen LogP contribution in [-0.2, 0) is 4.74 Å². The Morgan fingerprint density at radius 3 is 2.69 bits per heavy atom. The average molecular weight is 181 g/mol. The molecule has 2 atom stereocenters. The van der Waals surface area contributed by atoms with Crippen LogP contribution in [0.15, 0.2) is 18.6 Å². The monoisotopic (exact) mass is 181 g/mol. The van der Waals surface area contributed by atoms with Crippen molar-refractivity contribution < 1.29 is 4.74 Å². The summed E-state index contributed by atoms with van der Waals surface area (Å²) in [5.41, 5.74) is 0.902. The molecule has 0 aliphatic heterocycles. The molecular weight excluding hydrogens is 166 g/mol. The average Bonchev–Trinajstić information content (AvgIpc) is 2.20. The molecule has 1 aromatic heterocycles. The van der Waals surface area contributed by atoms with Gasteiger partial charge in [0.05, 0.1) is 24.0 Å². The van der Waals surface area contributed by atoms with Gasteiger partial charge < -0.3 is 10.1 Å². The molecule has 0 aliphatic rings. The lowest BCUT2D eigenvalue weighted by atomic mass is 10.1. The molecule has 0 bridgehead atoms. The predicted octanol–water partition coefficient (Wildman–Crippen LogP) is 0.772. The number of methoxy groups -OCH3 is 1. The first-order valence-corrected chi connectivity index (χ1v) is 4.25. The van der Waals surface area contributed by atoms with Crippen LogP contribution in [0.4, 0.5) is 0 Å². The van der Waals surface area contributed by atoms with Crippen molar-refractivity contribution in [2.24, 2.45) is 0 Å². The Kier molecular flexibility index (Phi) is 3.79. The van der Waals surface area contributed by atoms with Crippen LogP contribution in [0.25, 0.3) is 0 Å². The molecule has 0 saturated heterocycles. The van der Waals surface area contributed by atoms with E-state index >= 15 is 0 Å². The Labute approximate surface area is 78.4 Å². The van der Waals surface area contributed by atoms with Gasteiger partial charge in [0.2, 0.25) is 0 Å². The van der Waals surface area contributed by atoms with Gasteiger partial charge in [-0.15, -0.1) is 0 Å². The molecular formula is C9H15N3O. The fourth-order valence-corrected chi connectivity index (χ4v) is 1.23. The van der Waals surface area contributed by atoms with E-state index in [4.69, 9.17) is 4.74 Å². The number of likely N-dealkylation sites (N-methyl/N-ethyl adjacent to an activating group) is 1. The van der Waals surface area contributed by atoms with E-state index in [0.29, 0.717) is 0 Å². The van der Waals surface area contributed by atoms with Gasteiger partial charge in [0.1, 0.15) is 0 Å². The van der Waals surface area contributed by atoms with Gasteiger partial charge in [-0.1, -0.05) is 0 Å². The highest BCUT2D eigenvalue weighted by atomic mass is 16.5. The highest BCUT2D eigenvalue weighted by Gasteiger charge is 2.17. The molecule has 0 saturated carbocycles. The van der Waals surface area contributed by atoms with Crippen LogP contribution in [0.3, 0.4) is 0 Å². The van der Waals surface area contributed by atoms with Crippen molar-refractivity contribution in [1.82, 2.24) is 15.3 Å². The summed E-state index contributed by atoms with van der Waals surface area (Å²) in [6, 6.07) is 0.0960. The Balaban J connectivity index is 2.78. The van der Waals surface area contributed by atoms with Crippen LogP contribution in [0.2, 0.25) is 0 Å². The molecule has 4 heteroatoms. The molecule has 4 nitrogen and oxygen atoms in total. The van der Waals surface area contributed by atoms with E-state index in [0.717, 1.165) is 5.69 Å². The van der Waals surface area contributed by atoms with E-state index in [2.05, 4.69) is 15.3 Å². The molecule has 1 heterocycles. The molecule has 1 rings (SSSR count). The van der Waals surface area contributed by atoms with Crippen molar-refractivity contribution in [2.45, 2.75) is 19.1 Å². The van der Waals surface area contributed by atoms with Crippen LogP contribution in [0.5, 0.6) is 0 Å². The number of hydrogen-bond acceptors (Lipinski definition) is 4. The van der Waals surface area contributed by atoms with Crippen molar-refractivity contribution in [1.29, 1.82) is 0 Å². The van der Waals surface area contributed by atoms with E-state index in [1.807, 2.05) is 14.0 Å². The van der Waals surface area contributed by atoms with Gasteiger partial charge in [0.15, 0.2) is 0 Å². The van der Waals surface area contributed by atoms with E-state index in [1.54, 1.807) is 25.7 Å². The number of aromatic nitrogens is 2. The maximum Gasteiger partial charge on any atom is 0.0782 e. The fraction of sp³-hybridized carbons (Fsp3) is 0.556. The zero-order valence-electron chi connectivity index (χ0n) is 8.19. The third-order valence-electron chi connectivity index (χ3n) is 2.05. The minimum absolute atomic E-state index is 0.0849. The van der Waals surface area contributed by atoms with Gasteiger partial charge in [-0.2, -0.15) is 0 Å². The van der Waals surface area contributed by atoms with E-state index in [1.165, 1.54) is 0 Å². The molecule has 0 aromatic carbocycles. The van der Waals surface area contributed by atoms with Crippen LogP contribution in [0.1, 0.15) is 18.7 Å². The van der Waals surface area contributed by atoms with Crippen molar-refractivity contribution >= 4 is 0 Å². The number of nitrogens with zero attached hydrogens (tertiary/aromatic N) is 2. The zero-order chi connectivity index (χ0) is 9.68. The Morgan fingerprint density at radius 2 is 2.23 bits per heavy atom. The first kappa shape index (κ1) is 10.1. The lowest BCUT2D eigenvalue weighted by molar-refractivity contribution is 0.0842. The second-order valence-corrected chi connectivity index (χ2v) is 2.84. The molecule has 0 radical (unpaired) electrons. The standard InChI is InChI=1S/C9H15N3O/c1-7(13-3)9(10-2)8-6-11-4-5-12-8/h4-7,9-10H,1-3H3. The topological polar surface area (TPSA) is 47.0 Å². The largest absolute Gasteiger partial charge is 0.380 e. The van der Waals surface area contributed by atoms with Crippen LogP contribution in [-0.4, -0.2) is 30.2 Å².